The van der Waals surface area contributed by atoms with Crippen LogP contribution in [-0.2, 0) is 11.3 Å². The van der Waals surface area contributed by atoms with Crippen LogP contribution in [0.2, 0.25) is 0 Å². The third-order valence-corrected chi connectivity index (χ3v) is 1.88. The number of nitrogens with one attached hydrogen (secondary N) is 1. The summed E-state index contributed by atoms with van der Waals surface area (Å²) in [6, 6.07) is 0. The molecule has 5 nitrogen and oxygen atoms in total. The number of imidazole rings is 1. The number of carbonyl (C=O) groups is 1. The Morgan fingerprint density at radius 1 is 1.53 bits per heavy atom. The van der Waals surface area contributed by atoms with Gasteiger partial charge in [-0.3, -0.25) is 4.79 Å². The molecule has 0 unspecified atom stereocenters. The fourth-order valence-corrected chi connectivity index (χ4v) is 1.09. The standard InChI is InChI=1S/C10H16N4O/c11-4-1-2-5-13-10(15)3-7-14-8-6-12-9-14/h1-2,6,8-9H,3-5,7,11H2,(H,13,15)/b2-1+. The molecule has 1 aromatic heterocycles. The fourth-order valence-electron chi connectivity index (χ4n) is 1.09. The normalized spacial score (nSPS) is 10.7. The zero-order chi connectivity index (χ0) is 10.9. The minimum Gasteiger partial charge on any atom is -0.353 e. The predicted octanol–water partition coefficient (Wildman–Crippen LogP) is -0.0957. The number of hydrogen-bond acceptors (Lipinski definition) is 3. The third kappa shape index (κ3) is 4.97. The number of carbonyl (C=O) groups excluding carboxylic acids is 1. The molecule has 1 rings (SSSR count). The molecular weight excluding hydrogens is 192 g/mol. The van der Waals surface area contributed by atoms with Crippen LogP contribution in [0.5, 0.6) is 0 Å². The van der Waals surface area contributed by atoms with Gasteiger partial charge in [0.25, 0.3) is 0 Å². The summed E-state index contributed by atoms with van der Waals surface area (Å²) in [5.74, 6) is 0.0328. The number of aromatic nitrogens is 2. The van der Waals surface area contributed by atoms with E-state index in [2.05, 4.69) is 10.3 Å². The zero-order valence-electron chi connectivity index (χ0n) is 8.60. The number of aryl methyl sites for hydroxylation is 1. The van der Waals surface area contributed by atoms with E-state index < -0.39 is 0 Å². The van der Waals surface area contributed by atoms with Crippen LogP contribution in [0.1, 0.15) is 6.42 Å². The lowest BCUT2D eigenvalue weighted by Gasteiger charge is -2.02. The van der Waals surface area contributed by atoms with Crippen molar-refractivity contribution < 1.29 is 4.79 Å². The molecule has 0 spiro atoms. The Balaban J connectivity index is 2.11. The van der Waals surface area contributed by atoms with Gasteiger partial charge in [-0.05, 0) is 0 Å². The molecular formula is C10H16N4O. The lowest BCUT2D eigenvalue weighted by molar-refractivity contribution is -0.121. The van der Waals surface area contributed by atoms with E-state index in [9.17, 15) is 4.79 Å². The highest BCUT2D eigenvalue weighted by Crippen LogP contribution is 1.90. The average Bonchev–Trinajstić information content (AvgIpc) is 2.74. The maximum absolute atomic E-state index is 11.3. The fraction of sp³-hybridized carbons (Fsp3) is 0.400. The van der Waals surface area contributed by atoms with Crippen molar-refractivity contribution in [1.29, 1.82) is 0 Å². The molecule has 0 aliphatic carbocycles. The van der Waals surface area contributed by atoms with E-state index in [1.54, 1.807) is 12.5 Å². The molecule has 0 radical (unpaired) electrons. The van der Waals surface area contributed by atoms with Crippen LogP contribution in [0.15, 0.2) is 30.9 Å². The number of nitrogens with two attached hydrogens (primary N) is 1. The molecule has 0 atom stereocenters. The van der Waals surface area contributed by atoms with E-state index in [0.29, 0.717) is 26.1 Å². The summed E-state index contributed by atoms with van der Waals surface area (Å²) in [7, 11) is 0. The molecule has 0 aromatic carbocycles. The molecule has 3 N–H and O–H groups in total. The average molecular weight is 208 g/mol. The molecule has 0 bridgehead atoms. The van der Waals surface area contributed by atoms with Gasteiger partial charge < -0.3 is 15.6 Å². The summed E-state index contributed by atoms with van der Waals surface area (Å²) in [5.41, 5.74) is 5.26. The zero-order valence-corrected chi connectivity index (χ0v) is 8.60. The first-order chi connectivity index (χ1) is 7.33. The highest BCUT2D eigenvalue weighted by atomic mass is 16.1. The first kappa shape index (κ1) is 11.5. The summed E-state index contributed by atoms with van der Waals surface area (Å²) in [6.45, 7) is 1.71. The molecule has 1 heterocycles. The SMILES string of the molecule is NC/C=C/CNC(=O)CCn1ccnc1. The summed E-state index contributed by atoms with van der Waals surface area (Å²) >= 11 is 0. The van der Waals surface area contributed by atoms with E-state index in [0.717, 1.165) is 0 Å². The first-order valence-corrected chi connectivity index (χ1v) is 4.90. The molecule has 82 valence electrons. The summed E-state index contributed by atoms with van der Waals surface area (Å²) in [4.78, 5) is 15.2. The second kappa shape index (κ2) is 6.78. The number of amides is 1. The maximum Gasteiger partial charge on any atom is 0.222 e. The summed E-state index contributed by atoms with van der Waals surface area (Å²) in [6.07, 6.45) is 9.35. The second-order valence-electron chi connectivity index (χ2n) is 3.06. The molecule has 0 saturated carbocycles. The molecule has 0 saturated heterocycles. The van der Waals surface area contributed by atoms with Gasteiger partial charge in [-0.2, -0.15) is 0 Å². The van der Waals surface area contributed by atoms with Crippen LogP contribution in [0.25, 0.3) is 0 Å². The quantitative estimate of drug-likeness (QED) is 0.641. The van der Waals surface area contributed by atoms with E-state index in [4.69, 9.17) is 5.73 Å². The van der Waals surface area contributed by atoms with Crippen LogP contribution < -0.4 is 11.1 Å². The van der Waals surface area contributed by atoms with Crippen LogP contribution in [-0.4, -0.2) is 28.5 Å². The van der Waals surface area contributed by atoms with E-state index in [1.165, 1.54) is 0 Å². The van der Waals surface area contributed by atoms with Gasteiger partial charge in [0, 0.05) is 38.4 Å². The molecule has 0 aliphatic rings. The van der Waals surface area contributed by atoms with Gasteiger partial charge in [0.2, 0.25) is 5.91 Å². The lowest BCUT2D eigenvalue weighted by Crippen LogP contribution is -2.24. The Labute approximate surface area is 89.0 Å². The van der Waals surface area contributed by atoms with E-state index in [1.807, 2.05) is 22.9 Å². The molecule has 1 amide bonds. The van der Waals surface area contributed by atoms with Crippen LogP contribution >= 0.6 is 0 Å². The largest absolute Gasteiger partial charge is 0.353 e. The van der Waals surface area contributed by atoms with Crippen molar-refractivity contribution in [3.8, 4) is 0 Å². The topological polar surface area (TPSA) is 72.9 Å². The molecule has 15 heavy (non-hydrogen) atoms. The van der Waals surface area contributed by atoms with Crippen molar-refractivity contribution in [2.75, 3.05) is 13.1 Å². The third-order valence-electron chi connectivity index (χ3n) is 1.88. The molecule has 1 aromatic rings. The van der Waals surface area contributed by atoms with Crippen LogP contribution in [0.4, 0.5) is 0 Å². The van der Waals surface area contributed by atoms with Gasteiger partial charge in [-0.25, -0.2) is 4.98 Å². The highest BCUT2D eigenvalue weighted by Gasteiger charge is 1.99. The van der Waals surface area contributed by atoms with Crippen molar-refractivity contribution >= 4 is 5.91 Å². The Kier molecular flexibility index (Phi) is 5.18. The van der Waals surface area contributed by atoms with Crippen molar-refractivity contribution in [1.82, 2.24) is 14.9 Å². The van der Waals surface area contributed by atoms with E-state index in [-0.39, 0.29) is 5.91 Å². The second-order valence-corrected chi connectivity index (χ2v) is 3.06. The molecule has 5 heteroatoms. The maximum atomic E-state index is 11.3. The minimum absolute atomic E-state index is 0.0328. The molecule has 0 fully saturated rings. The number of nitrogens with zero attached hydrogens (tertiary/aromatic N) is 2. The minimum atomic E-state index is 0.0328. The van der Waals surface area contributed by atoms with Gasteiger partial charge >= 0.3 is 0 Å². The van der Waals surface area contributed by atoms with Crippen molar-refractivity contribution in [3.63, 3.8) is 0 Å². The monoisotopic (exact) mass is 208 g/mol. The number of hydrogen-bond donors (Lipinski definition) is 2. The predicted molar refractivity (Wildman–Crippen MR) is 58.0 cm³/mol. The number of rotatable bonds is 6. The lowest BCUT2D eigenvalue weighted by atomic mass is 10.4. The van der Waals surface area contributed by atoms with Gasteiger partial charge in [0.1, 0.15) is 0 Å². The van der Waals surface area contributed by atoms with Crippen LogP contribution in [0, 0.1) is 0 Å². The molecule has 0 aliphatic heterocycles. The Morgan fingerprint density at radius 3 is 3.07 bits per heavy atom. The van der Waals surface area contributed by atoms with Crippen molar-refractivity contribution in [2.45, 2.75) is 13.0 Å². The Bertz CT molecular complexity index is 305. The Morgan fingerprint density at radius 2 is 2.40 bits per heavy atom. The van der Waals surface area contributed by atoms with Crippen molar-refractivity contribution in [2.24, 2.45) is 5.73 Å². The highest BCUT2D eigenvalue weighted by molar-refractivity contribution is 5.75. The Hall–Kier alpha value is -1.62. The summed E-state index contributed by atoms with van der Waals surface area (Å²) < 4.78 is 1.87. The van der Waals surface area contributed by atoms with E-state index >= 15 is 0 Å². The van der Waals surface area contributed by atoms with Gasteiger partial charge in [0.15, 0.2) is 0 Å². The van der Waals surface area contributed by atoms with Crippen molar-refractivity contribution in [3.05, 3.63) is 30.9 Å². The van der Waals surface area contributed by atoms with Gasteiger partial charge in [0.05, 0.1) is 6.33 Å². The van der Waals surface area contributed by atoms with Crippen LogP contribution in [0.3, 0.4) is 0 Å². The van der Waals surface area contributed by atoms with Gasteiger partial charge in [-0.15, -0.1) is 0 Å². The summed E-state index contributed by atoms with van der Waals surface area (Å²) in [5, 5.41) is 2.76. The first-order valence-electron chi connectivity index (χ1n) is 4.90. The van der Waals surface area contributed by atoms with Gasteiger partial charge in [-0.1, -0.05) is 12.2 Å². The smallest absolute Gasteiger partial charge is 0.222 e.